The summed E-state index contributed by atoms with van der Waals surface area (Å²) in [6.45, 7) is 4.85. The van der Waals surface area contributed by atoms with Crippen molar-refractivity contribution in [2.75, 3.05) is 6.54 Å². The highest BCUT2D eigenvalue weighted by molar-refractivity contribution is 5.91. The summed E-state index contributed by atoms with van der Waals surface area (Å²) in [5, 5.41) is 2.92. The Labute approximate surface area is 132 Å². The lowest BCUT2D eigenvalue weighted by Crippen LogP contribution is -2.22. The molecule has 2 aromatic rings. The van der Waals surface area contributed by atoms with Gasteiger partial charge in [-0.05, 0) is 43.9 Å². The van der Waals surface area contributed by atoms with Gasteiger partial charge in [0, 0.05) is 12.6 Å². The molecule has 0 radical (unpaired) electrons. The molecule has 0 aliphatic rings. The number of amides is 1. The van der Waals surface area contributed by atoms with Gasteiger partial charge in [0.2, 0.25) is 5.91 Å². The predicted molar refractivity (Wildman–Crippen MR) is 92.7 cm³/mol. The van der Waals surface area contributed by atoms with Crippen molar-refractivity contribution in [2.45, 2.75) is 26.7 Å². The van der Waals surface area contributed by atoms with E-state index in [-0.39, 0.29) is 5.91 Å². The topological polar surface area (TPSA) is 29.1 Å². The van der Waals surface area contributed by atoms with Crippen LogP contribution in [0.2, 0.25) is 0 Å². The Morgan fingerprint density at radius 1 is 1.05 bits per heavy atom. The second kappa shape index (κ2) is 8.18. The zero-order valence-corrected chi connectivity index (χ0v) is 13.3. The maximum Gasteiger partial charge on any atom is 0.243 e. The Bertz CT molecular complexity index is 641. The van der Waals surface area contributed by atoms with Crippen LogP contribution in [0.5, 0.6) is 0 Å². The number of carbonyl (C=O) groups is 1. The number of aryl methyl sites for hydroxylation is 3. The van der Waals surface area contributed by atoms with E-state index in [4.69, 9.17) is 0 Å². The van der Waals surface area contributed by atoms with E-state index in [9.17, 15) is 4.79 Å². The summed E-state index contributed by atoms with van der Waals surface area (Å²) >= 11 is 0. The summed E-state index contributed by atoms with van der Waals surface area (Å²) in [4.78, 5) is 11.8. The average molecular weight is 293 g/mol. The van der Waals surface area contributed by atoms with Gasteiger partial charge in [0.25, 0.3) is 0 Å². The summed E-state index contributed by atoms with van der Waals surface area (Å²) in [6.07, 6.45) is 5.38. The third kappa shape index (κ3) is 5.57. The molecule has 2 rings (SSSR count). The van der Waals surface area contributed by atoms with Gasteiger partial charge in [-0.25, -0.2) is 0 Å². The number of hydrogen-bond acceptors (Lipinski definition) is 1. The molecule has 0 saturated carbocycles. The Kier molecular flexibility index (Phi) is 5.96. The number of hydrogen-bond donors (Lipinski definition) is 1. The van der Waals surface area contributed by atoms with Crippen molar-refractivity contribution < 1.29 is 4.79 Å². The van der Waals surface area contributed by atoms with Crippen molar-refractivity contribution in [3.05, 3.63) is 76.9 Å². The monoisotopic (exact) mass is 293 g/mol. The fraction of sp³-hybridized carbons (Fsp3) is 0.250. The molecule has 22 heavy (non-hydrogen) atoms. The van der Waals surface area contributed by atoms with Crippen LogP contribution in [0.4, 0.5) is 0 Å². The van der Waals surface area contributed by atoms with Gasteiger partial charge in [0.05, 0.1) is 0 Å². The first kappa shape index (κ1) is 16.0. The molecule has 0 bridgehead atoms. The van der Waals surface area contributed by atoms with E-state index < -0.39 is 0 Å². The van der Waals surface area contributed by atoms with Gasteiger partial charge >= 0.3 is 0 Å². The molecule has 2 heteroatoms. The quantitative estimate of drug-likeness (QED) is 0.631. The van der Waals surface area contributed by atoms with E-state index in [1.807, 2.05) is 30.3 Å². The number of nitrogens with one attached hydrogen (secondary N) is 1. The largest absolute Gasteiger partial charge is 0.353 e. The highest BCUT2D eigenvalue weighted by Gasteiger charge is 1.97. The normalized spacial score (nSPS) is 10.8. The fourth-order valence-corrected chi connectivity index (χ4v) is 2.28. The summed E-state index contributed by atoms with van der Waals surface area (Å²) in [5.41, 5.74) is 4.87. The highest BCUT2D eigenvalue weighted by atomic mass is 16.1. The van der Waals surface area contributed by atoms with Crippen molar-refractivity contribution in [3.63, 3.8) is 0 Å². The summed E-state index contributed by atoms with van der Waals surface area (Å²) in [7, 11) is 0. The molecule has 1 N–H and O–H groups in total. The third-order valence-electron chi connectivity index (χ3n) is 3.53. The second-order valence-corrected chi connectivity index (χ2v) is 5.63. The second-order valence-electron chi connectivity index (χ2n) is 5.63. The Balaban J connectivity index is 1.70. The van der Waals surface area contributed by atoms with E-state index in [2.05, 4.69) is 43.4 Å². The molecular weight excluding hydrogens is 270 g/mol. The van der Waals surface area contributed by atoms with Crippen LogP contribution in [0.15, 0.2) is 54.6 Å². The standard InChI is InChI=1S/C20H23NO/c1-16-8-10-18(11-9-16)12-13-20(22)21-14-4-7-19-6-3-5-17(2)15-19/h3,5-6,8-13,15H,4,7,14H2,1-2H3,(H,21,22)/b13-12+. The zero-order chi connectivity index (χ0) is 15.8. The summed E-state index contributed by atoms with van der Waals surface area (Å²) in [6, 6.07) is 16.6. The van der Waals surface area contributed by atoms with Crippen LogP contribution >= 0.6 is 0 Å². The fourth-order valence-electron chi connectivity index (χ4n) is 2.28. The van der Waals surface area contributed by atoms with Crippen molar-refractivity contribution in [3.8, 4) is 0 Å². The number of carbonyl (C=O) groups excluding carboxylic acids is 1. The highest BCUT2D eigenvalue weighted by Crippen LogP contribution is 2.06. The van der Waals surface area contributed by atoms with E-state index in [0.717, 1.165) is 18.4 Å². The molecule has 0 aliphatic heterocycles. The van der Waals surface area contributed by atoms with Crippen LogP contribution in [-0.2, 0) is 11.2 Å². The Morgan fingerprint density at radius 3 is 2.55 bits per heavy atom. The van der Waals surface area contributed by atoms with E-state index in [1.54, 1.807) is 6.08 Å². The van der Waals surface area contributed by atoms with Gasteiger partial charge in [-0.15, -0.1) is 0 Å². The first-order valence-corrected chi connectivity index (χ1v) is 7.71. The maximum atomic E-state index is 11.8. The molecule has 0 heterocycles. The van der Waals surface area contributed by atoms with E-state index >= 15 is 0 Å². The number of benzene rings is 2. The van der Waals surface area contributed by atoms with Crippen LogP contribution in [0, 0.1) is 13.8 Å². The lowest BCUT2D eigenvalue weighted by atomic mass is 10.1. The average Bonchev–Trinajstić information content (AvgIpc) is 2.51. The third-order valence-corrected chi connectivity index (χ3v) is 3.53. The molecule has 1 amide bonds. The minimum Gasteiger partial charge on any atom is -0.353 e. The molecule has 114 valence electrons. The lowest BCUT2D eigenvalue weighted by molar-refractivity contribution is -0.116. The first-order valence-electron chi connectivity index (χ1n) is 7.71. The summed E-state index contributed by atoms with van der Waals surface area (Å²) < 4.78 is 0. The molecule has 0 saturated heterocycles. The SMILES string of the molecule is Cc1ccc(/C=C/C(=O)NCCCc2cccc(C)c2)cc1. The molecular formula is C20H23NO. The number of rotatable bonds is 6. The minimum absolute atomic E-state index is 0.0372. The molecule has 0 aliphatic carbocycles. The van der Waals surface area contributed by atoms with Gasteiger partial charge in [-0.3, -0.25) is 4.79 Å². The molecule has 0 atom stereocenters. The lowest BCUT2D eigenvalue weighted by Gasteiger charge is -2.04. The van der Waals surface area contributed by atoms with Crippen molar-refractivity contribution in [2.24, 2.45) is 0 Å². The van der Waals surface area contributed by atoms with Crippen LogP contribution < -0.4 is 5.32 Å². The molecule has 0 spiro atoms. The van der Waals surface area contributed by atoms with Gasteiger partial charge in [0.15, 0.2) is 0 Å². The van der Waals surface area contributed by atoms with Crippen molar-refractivity contribution in [1.82, 2.24) is 5.32 Å². The van der Waals surface area contributed by atoms with Crippen molar-refractivity contribution >= 4 is 12.0 Å². The smallest absolute Gasteiger partial charge is 0.243 e. The first-order chi connectivity index (χ1) is 10.6. The Morgan fingerprint density at radius 2 is 1.82 bits per heavy atom. The van der Waals surface area contributed by atoms with Gasteiger partial charge in [-0.1, -0.05) is 59.7 Å². The van der Waals surface area contributed by atoms with E-state index in [0.29, 0.717) is 6.54 Å². The molecule has 2 nitrogen and oxygen atoms in total. The predicted octanol–water partition coefficient (Wildman–Crippen LogP) is 4.07. The van der Waals surface area contributed by atoms with Crippen LogP contribution in [0.25, 0.3) is 6.08 Å². The van der Waals surface area contributed by atoms with Gasteiger partial charge in [-0.2, -0.15) is 0 Å². The molecule has 2 aromatic carbocycles. The molecule has 0 fully saturated rings. The Hall–Kier alpha value is -2.35. The summed E-state index contributed by atoms with van der Waals surface area (Å²) in [5.74, 6) is -0.0372. The molecule has 0 unspecified atom stereocenters. The van der Waals surface area contributed by atoms with Gasteiger partial charge < -0.3 is 5.32 Å². The van der Waals surface area contributed by atoms with Crippen LogP contribution in [-0.4, -0.2) is 12.5 Å². The van der Waals surface area contributed by atoms with Crippen LogP contribution in [0.3, 0.4) is 0 Å². The maximum absolute atomic E-state index is 11.8. The van der Waals surface area contributed by atoms with Crippen LogP contribution in [0.1, 0.15) is 28.7 Å². The zero-order valence-electron chi connectivity index (χ0n) is 13.3. The van der Waals surface area contributed by atoms with E-state index in [1.165, 1.54) is 16.7 Å². The van der Waals surface area contributed by atoms with Crippen molar-refractivity contribution in [1.29, 1.82) is 0 Å². The van der Waals surface area contributed by atoms with Gasteiger partial charge in [0.1, 0.15) is 0 Å². The molecule has 0 aromatic heterocycles. The minimum atomic E-state index is -0.0372.